The number of methoxy groups -OCH3 is 1. The summed E-state index contributed by atoms with van der Waals surface area (Å²) >= 11 is 0. The number of ether oxygens (including phenoxy) is 2. The second-order valence-electron chi connectivity index (χ2n) is 8.36. The van der Waals surface area contributed by atoms with Crippen molar-refractivity contribution in [2.24, 2.45) is 11.8 Å². The number of hydrogen-bond acceptors (Lipinski definition) is 6. The number of hydrogen-bond donors (Lipinski definition) is 0. The molecule has 2 aliphatic heterocycles. The van der Waals surface area contributed by atoms with Crippen LogP contribution in [-0.2, 0) is 20.9 Å². The average molecular weight is 405 g/mol. The van der Waals surface area contributed by atoms with Gasteiger partial charge < -0.3 is 19.3 Å². The standard InChI is InChI=1S/C21H32N4O4/c1-23(2)19(26)9-14-11-25(12-15-7-6-8-18(22-15)28-5)16-13-29-17(21(14)16)10-20(27)24(3)4/h6-8,14,16-17,21H,9-13H2,1-5H3/t14-,16-,17+,21-/m1/s1. The zero-order valence-corrected chi connectivity index (χ0v) is 18.0. The van der Waals surface area contributed by atoms with Gasteiger partial charge >= 0.3 is 0 Å². The molecular weight excluding hydrogens is 372 g/mol. The van der Waals surface area contributed by atoms with Gasteiger partial charge in [-0.2, -0.15) is 0 Å². The molecule has 1 aromatic heterocycles. The van der Waals surface area contributed by atoms with Gasteiger partial charge in [-0.3, -0.25) is 14.5 Å². The van der Waals surface area contributed by atoms with Gasteiger partial charge in [-0.25, -0.2) is 4.98 Å². The molecule has 8 heteroatoms. The molecule has 1 aromatic rings. The number of pyridine rings is 1. The summed E-state index contributed by atoms with van der Waals surface area (Å²) in [6.45, 7) is 2.04. The van der Waals surface area contributed by atoms with Crippen LogP contribution < -0.4 is 4.74 Å². The van der Waals surface area contributed by atoms with Gasteiger partial charge in [0.1, 0.15) is 0 Å². The van der Waals surface area contributed by atoms with E-state index < -0.39 is 0 Å². The minimum Gasteiger partial charge on any atom is -0.481 e. The van der Waals surface area contributed by atoms with Crippen molar-refractivity contribution in [3.8, 4) is 5.88 Å². The van der Waals surface area contributed by atoms with Crippen LogP contribution in [0.15, 0.2) is 18.2 Å². The molecule has 0 bridgehead atoms. The Morgan fingerprint density at radius 3 is 2.52 bits per heavy atom. The first-order valence-electron chi connectivity index (χ1n) is 10.1. The van der Waals surface area contributed by atoms with Gasteiger partial charge in [0, 0.05) is 65.7 Å². The minimum atomic E-state index is -0.155. The lowest BCUT2D eigenvalue weighted by Gasteiger charge is -2.24. The molecule has 3 rings (SSSR count). The first-order chi connectivity index (χ1) is 13.8. The number of carbonyl (C=O) groups excluding carboxylic acids is 2. The summed E-state index contributed by atoms with van der Waals surface area (Å²) in [5.41, 5.74) is 0.926. The molecule has 0 unspecified atom stereocenters. The van der Waals surface area contributed by atoms with Crippen LogP contribution in [0.25, 0.3) is 0 Å². The van der Waals surface area contributed by atoms with E-state index in [0.717, 1.165) is 12.2 Å². The minimum absolute atomic E-state index is 0.0567. The van der Waals surface area contributed by atoms with E-state index in [0.29, 0.717) is 31.9 Å². The molecule has 2 fully saturated rings. The van der Waals surface area contributed by atoms with Crippen molar-refractivity contribution in [3.63, 3.8) is 0 Å². The fourth-order valence-corrected chi connectivity index (χ4v) is 4.42. The number of carbonyl (C=O) groups is 2. The van der Waals surface area contributed by atoms with Crippen molar-refractivity contribution >= 4 is 11.8 Å². The molecule has 0 aliphatic carbocycles. The van der Waals surface area contributed by atoms with Crippen LogP contribution in [0.3, 0.4) is 0 Å². The van der Waals surface area contributed by atoms with E-state index in [-0.39, 0.29) is 35.8 Å². The lowest BCUT2D eigenvalue weighted by atomic mass is 9.84. The molecule has 2 amide bonds. The van der Waals surface area contributed by atoms with Crippen LogP contribution in [0.5, 0.6) is 5.88 Å². The summed E-state index contributed by atoms with van der Waals surface area (Å²) in [6.07, 6.45) is 0.663. The second-order valence-corrected chi connectivity index (χ2v) is 8.36. The number of likely N-dealkylation sites (tertiary alicyclic amines) is 1. The quantitative estimate of drug-likeness (QED) is 0.671. The van der Waals surface area contributed by atoms with E-state index in [4.69, 9.17) is 9.47 Å². The topological polar surface area (TPSA) is 75.2 Å². The third kappa shape index (κ3) is 4.87. The van der Waals surface area contributed by atoms with E-state index >= 15 is 0 Å². The SMILES string of the molecule is COc1cccc(CN2C[C@@H](CC(=O)N(C)C)[C@H]3[C@H](CC(=O)N(C)C)OC[C@H]32)n1. The zero-order valence-electron chi connectivity index (χ0n) is 18.0. The Morgan fingerprint density at radius 2 is 1.86 bits per heavy atom. The zero-order chi connectivity index (χ0) is 21.1. The molecule has 8 nitrogen and oxygen atoms in total. The third-order valence-electron chi connectivity index (χ3n) is 6.00. The number of fused-ring (bicyclic) bond motifs is 1. The molecule has 0 N–H and O–H groups in total. The normalized spacial score (nSPS) is 26.2. The molecule has 160 valence electrons. The van der Waals surface area contributed by atoms with Gasteiger partial charge in [-0.05, 0) is 12.0 Å². The van der Waals surface area contributed by atoms with Crippen LogP contribution in [0.2, 0.25) is 0 Å². The maximum atomic E-state index is 12.4. The Balaban J connectivity index is 1.78. The van der Waals surface area contributed by atoms with E-state index in [1.54, 1.807) is 45.1 Å². The van der Waals surface area contributed by atoms with E-state index in [1.807, 2.05) is 18.2 Å². The van der Waals surface area contributed by atoms with Gasteiger partial charge in [0.25, 0.3) is 0 Å². The highest BCUT2D eigenvalue weighted by Gasteiger charge is 2.51. The Hall–Kier alpha value is -2.19. The van der Waals surface area contributed by atoms with Crippen molar-refractivity contribution in [1.82, 2.24) is 19.7 Å². The van der Waals surface area contributed by atoms with E-state index in [9.17, 15) is 9.59 Å². The predicted octanol–water partition coefficient (Wildman–Crippen LogP) is 0.862. The summed E-state index contributed by atoms with van der Waals surface area (Å²) in [4.78, 5) is 34.9. The van der Waals surface area contributed by atoms with Crippen LogP contribution in [0.4, 0.5) is 0 Å². The van der Waals surface area contributed by atoms with Gasteiger partial charge in [0.15, 0.2) is 0 Å². The number of aromatic nitrogens is 1. The van der Waals surface area contributed by atoms with Gasteiger partial charge in [0.2, 0.25) is 17.7 Å². The fourth-order valence-electron chi connectivity index (χ4n) is 4.42. The predicted molar refractivity (Wildman–Crippen MR) is 108 cm³/mol. The Labute approximate surface area is 172 Å². The van der Waals surface area contributed by atoms with E-state index in [2.05, 4.69) is 9.88 Å². The van der Waals surface area contributed by atoms with Gasteiger partial charge in [-0.1, -0.05) is 6.07 Å². The first-order valence-corrected chi connectivity index (χ1v) is 10.1. The van der Waals surface area contributed by atoms with Crippen LogP contribution >= 0.6 is 0 Å². The van der Waals surface area contributed by atoms with Crippen molar-refractivity contribution in [1.29, 1.82) is 0 Å². The van der Waals surface area contributed by atoms with Gasteiger partial charge in [0.05, 0.1) is 31.9 Å². The average Bonchev–Trinajstić information content (AvgIpc) is 3.24. The van der Waals surface area contributed by atoms with Crippen molar-refractivity contribution in [2.75, 3.05) is 48.5 Å². The maximum absolute atomic E-state index is 12.4. The highest BCUT2D eigenvalue weighted by molar-refractivity contribution is 5.77. The molecule has 0 radical (unpaired) electrons. The molecule has 0 spiro atoms. The summed E-state index contributed by atoms with van der Waals surface area (Å²) in [5, 5.41) is 0. The maximum Gasteiger partial charge on any atom is 0.224 e. The lowest BCUT2D eigenvalue weighted by Crippen LogP contribution is -2.35. The van der Waals surface area contributed by atoms with Crippen molar-refractivity contribution in [3.05, 3.63) is 23.9 Å². The molecule has 3 heterocycles. The van der Waals surface area contributed by atoms with Crippen molar-refractivity contribution in [2.45, 2.75) is 31.5 Å². The molecule has 0 saturated carbocycles. The first kappa shape index (κ1) is 21.5. The summed E-state index contributed by atoms with van der Waals surface area (Å²) < 4.78 is 11.3. The summed E-state index contributed by atoms with van der Waals surface area (Å²) in [7, 11) is 8.70. The molecule has 2 saturated heterocycles. The Kier molecular flexibility index (Phi) is 6.74. The van der Waals surface area contributed by atoms with Crippen LogP contribution in [-0.4, -0.2) is 92.1 Å². The van der Waals surface area contributed by atoms with Crippen molar-refractivity contribution < 1.29 is 19.1 Å². The molecule has 4 atom stereocenters. The van der Waals surface area contributed by atoms with E-state index in [1.165, 1.54) is 0 Å². The lowest BCUT2D eigenvalue weighted by molar-refractivity contribution is -0.131. The largest absolute Gasteiger partial charge is 0.481 e. The fraction of sp³-hybridized carbons (Fsp3) is 0.667. The number of nitrogens with zero attached hydrogens (tertiary/aromatic N) is 4. The number of amides is 2. The summed E-state index contributed by atoms with van der Waals surface area (Å²) in [6, 6.07) is 5.93. The molecule has 0 aromatic carbocycles. The highest BCUT2D eigenvalue weighted by Crippen LogP contribution is 2.42. The van der Waals surface area contributed by atoms with Crippen LogP contribution in [0.1, 0.15) is 18.5 Å². The number of rotatable bonds is 7. The molecular formula is C21H32N4O4. The highest BCUT2D eigenvalue weighted by atomic mass is 16.5. The smallest absolute Gasteiger partial charge is 0.224 e. The van der Waals surface area contributed by atoms with Crippen LogP contribution in [0, 0.1) is 11.8 Å². The monoisotopic (exact) mass is 404 g/mol. The molecule has 2 aliphatic rings. The Morgan fingerprint density at radius 1 is 1.17 bits per heavy atom. The summed E-state index contributed by atoms with van der Waals surface area (Å²) in [5.74, 6) is 1.08. The Bertz CT molecular complexity index is 739. The molecule has 29 heavy (non-hydrogen) atoms. The van der Waals surface area contributed by atoms with Gasteiger partial charge in [-0.15, -0.1) is 0 Å². The second kappa shape index (κ2) is 9.09. The third-order valence-corrected chi connectivity index (χ3v) is 6.00.